The quantitative estimate of drug-likeness (QED) is 0.558. The van der Waals surface area contributed by atoms with Gasteiger partial charge < -0.3 is 5.32 Å². The molecule has 4 nitrogen and oxygen atoms in total. The Balaban J connectivity index is 1.44. The minimum absolute atomic E-state index is 0.00586. The molecule has 0 bridgehead atoms. The minimum atomic E-state index is -0.0602. The summed E-state index contributed by atoms with van der Waals surface area (Å²) in [6.07, 6.45) is 9.80. The number of nitrogens with zero attached hydrogens (tertiary/aromatic N) is 2. The zero-order valence-electron chi connectivity index (χ0n) is 16.9. The van der Waals surface area contributed by atoms with Crippen LogP contribution in [0.1, 0.15) is 51.0 Å². The number of benzene rings is 1. The Bertz CT molecular complexity index is 1000. The molecule has 0 radical (unpaired) electrons. The number of carbonyl (C=O) groups excluding carboxylic acids is 1. The number of aromatic nitrogens is 2. The van der Waals surface area contributed by atoms with Gasteiger partial charge >= 0.3 is 0 Å². The lowest BCUT2D eigenvalue weighted by molar-refractivity contribution is -0.123. The maximum Gasteiger partial charge on any atom is 0.227 e. The summed E-state index contributed by atoms with van der Waals surface area (Å²) in [5, 5.41) is 4.86. The molecule has 1 aliphatic rings. The van der Waals surface area contributed by atoms with Crippen molar-refractivity contribution in [3.8, 4) is 0 Å². The van der Waals surface area contributed by atoms with Crippen molar-refractivity contribution in [1.29, 1.82) is 0 Å². The van der Waals surface area contributed by atoms with Crippen LogP contribution in [0.3, 0.4) is 0 Å². The second kappa shape index (κ2) is 8.11. The first-order valence-corrected chi connectivity index (χ1v) is 10.6. The van der Waals surface area contributed by atoms with E-state index in [0.29, 0.717) is 10.9 Å². The van der Waals surface area contributed by atoms with Gasteiger partial charge in [0.05, 0.1) is 5.52 Å². The van der Waals surface area contributed by atoms with Crippen LogP contribution in [0.15, 0.2) is 55.0 Å². The van der Waals surface area contributed by atoms with E-state index in [1.807, 2.05) is 30.6 Å². The largest absolute Gasteiger partial charge is 0.326 e. The van der Waals surface area contributed by atoms with Crippen LogP contribution in [0.4, 0.5) is 5.69 Å². The molecule has 1 aromatic carbocycles. The molecule has 4 rings (SSSR count). The summed E-state index contributed by atoms with van der Waals surface area (Å²) in [6, 6.07) is 11.4. The molecule has 29 heavy (non-hydrogen) atoms. The van der Waals surface area contributed by atoms with Crippen LogP contribution in [0.5, 0.6) is 0 Å². The van der Waals surface area contributed by atoms with Gasteiger partial charge in [0.2, 0.25) is 5.91 Å². The molecular formula is C24H26ClN3O. The van der Waals surface area contributed by atoms with Crippen molar-refractivity contribution in [2.24, 2.45) is 11.3 Å². The molecule has 2 heterocycles. The molecule has 5 heteroatoms. The number of pyridine rings is 2. The van der Waals surface area contributed by atoms with Gasteiger partial charge in [-0.3, -0.25) is 14.8 Å². The molecule has 1 atom stereocenters. The van der Waals surface area contributed by atoms with Crippen LogP contribution >= 0.6 is 11.6 Å². The Morgan fingerprint density at radius 2 is 1.86 bits per heavy atom. The van der Waals surface area contributed by atoms with Gasteiger partial charge in [0.1, 0.15) is 0 Å². The highest BCUT2D eigenvalue weighted by molar-refractivity contribution is 6.30. The van der Waals surface area contributed by atoms with Crippen LogP contribution in [-0.2, 0) is 4.79 Å². The molecule has 2 aromatic heterocycles. The first kappa shape index (κ1) is 19.8. The van der Waals surface area contributed by atoms with E-state index in [0.717, 1.165) is 42.3 Å². The second-order valence-corrected chi connectivity index (χ2v) is 8.88. The van der Waals surface area contributed by atoms with E-state index in [1.54, 1.807) is 18.3 Å². The van der Waals surface area contributed by atoms with Crippen molar-refractivity contribution in [3.63, 3.8) is 0 Å². The Hall–Kier alpha value is -2.46. The number of anilines is 1. The predicted molar refractivity (Wildman–Crippen MR) is 118 cm³/mol. The number of hydrogen-bond acceptors (Lipinski definition) is 3. The SMILES string of the molecule is C[C@H](C(=O)Nc1ccc(Cl)cc1)[C@]1(C)CC[C@H](c2ccnc3ccncc32)CC1. The van der Waals surface area contributed by atoms with E-state index < -0.39 is 0 Å². The molecule has 1 fully saturated rings. The second-order valence-electron chi connectivity index (χ2n) is 8.44. The van der Waals surface area contributed by atoms with Gasteiger partial charge in [0, 0.05) is 40.6 Å². The third-order valence-electron chi connectivity index (χ3n) is 6.69. The van der Waals surface area contributed by atoms with Gasteiger partial charge in [-0.25, -0.2) is 0 Å². The van der Waals surface area contributed by atoms with Crippen molar-refractivity contribution < 1.29 is 4.79 Å². The van der Waals surface area contributed by atoms with E-state index in [4.69, 9.17) is 11.6 Å². The standard InChI is InChI=1S/C24H26ClN3O/c1-16(23(29)28-19-5-3-18(25)4-6-19)24(2)11-7-17(8-12-24)20-9-14-27-22-10-13-26-15-21(20)22/h3-6,9-10,13-17H,7-8,11-12H2,1-2H3,(H,28,29)/t16-,17-,24+/m1/s1. The summed E-state index contributed by atoms with van der Waals surface area (Å²) in [5.41, 5.74) is 3.12. The molecule has 1 amide bonds. The Morgan fingerprint density at radius 3 is 2.59 bits per heavy atom. The van der Waals surface area contributed by atoms with Crippen molar-refractivity contribution in [1.82, 2.24) is 9.97 Å². The number of carbonyl (C=O) groups is 1. The fraction of sp³-hybridized carbons (Fsp3) is 0.375. The molecular weight excluding hydrogens is 382 g/mol. The minimum Gasteiger partial charge on any atom is -0.326 e. The molecule has 0 unspecified atom stereocenters. The summed E-state index contributed by atoms with van der Waals surface area (Å²) in [4.78, 5) is 21.6. The predicted octanol–water partition coefficient (Wildman–Crippen LogP) is 6.22. The Kier molecular flexibility index (Phi) is 5.55. The zero-order valence-corrected chi connectivity index (χ0v) is 17.6. The number of halogens is 1. The van der Waals surface area contributed by atoms with Crippen LogP contribution in [0.2, 0.25) is 5.02 Å². The van der Waals surface area contributed by atoms with Crippen molar-refractivity contribution in [2.75, 3.05) is 5.32 Å². The monoisotopic (exact) mass is 407 g/mol. The van der Waals surface area contributed by atoms with Gasteiger partial charge in [-0.15, -0.1) is 0 Å². The van der Waals surface area contributed by atoms with Crippen molar-refractivity contribution >= 4 is 34.1 Å². The Morgan fingerprint density at radius 1 is 1.14 bits per heavy atom. The average molecular weight is 408 g/mol. The van der Waals surface area contributed by atoms with E-state index >= 15 is 0 Å². The topological polar surface area (TPSA) is 54.9 Å². The lowest BCUT2D eigenvalue weighted by atomic mass is 9.64. The first-order valence-electron chi connectivity index (χ1n) is 10.2. The Labute approximate surface area is 176 Å². The number of nitrogens with one attached hydrogen (secondary N) is 1. The number of amides is 1. The van der Waals surface area contributed by atoms with Crippen LogP contribution in [0.25, 0.3) is 10.9 Å². The van der Waals surface area contributed by atoms with Crippen molar-refractivity contribution in [3.05, 3.63) is 65.6 Å². The average Bonchev–Trinajstić information content (AvgIpc) is 2.75. The van der Waals surface area contributed by atoms with E-state index in [9.17, 15) is 4.79 Å². The van der Waals surface area contributed by atoms with Crippen LogP contribution in [0, 0.1) is 11.3 Å². The lowest BCUT2D eigenvalue weighted by Crippen LogP contribution is -2.37. The van der Waals surface area contributed by atoms with Crippen LogP contribution in [-0.4, -0.2) is 15.9 Å². The number of hydrogen-bond donors (Lipinski definition) is 1. The fourth-order valence-electron chi connectivity index (χ4n) is 4.49. The number of fused-ring (bicyclic) bond motifs is 1. The normalized spacial score (nSPS) is 22.9. The molecule has 1 saturated carbocycles. The molecule has 0 spiro atoms. The lowest BCUT2D eigenvalue weighted by Gasteiger charge is -2.41. The maximum absolute atomic E-state index is 12.9. The molecule has 1 aliphatic carbocycles. The molecule has 0 saturated heterocycles. The van der Waals surface area contributed by atoms with Gasteiger partial charge in [0.15, 0.2) is 0 Å². The summed E-state index contributed by atoms with van der Waals surface area (Å²) >= 11 is 5.93. The maximum atomic E-state index is 12.9. The molecule has 0 aliphatic heterocycles. The highest BCUT2D eigenvalue weighted by atomic mass is 35.5. The van der Waals surface area contributed by atoms with Gasteiger partial charge in [-0.1, -0.05) is 25.4 Å². The number of rotatable bonds is 4. The zero-order chi connectivity index (χ0) is 20.4. The van der Waals surface area contributed by atoms with Gasteiger partial charge in [-0.2, -0.15) is 0 Å². The molecule has 150 valence electrons. The molecule has 3 aromatic rings. The third kappa shape index (κ3) is 4.13. The van der Waals surface area contributed by atoms with Crippen LogP contribution < -0.4 is 5.32 Å². The van der Waals surface area contributed by atoms with Gasteiger partial charge in [0.25, 0.3) is 0 Å². The molecule has 1 N–H and O–H groups in total. The van der Waals surface area contributed by atoms with E-state index in [-0.39, 0.29) is 17.2 Å². The summed E-state index contributed by atoms with van der Waals surface area (Å²) in [7, 11) is 0. The summed E-state index contributed by atoms with van der Waals surface area (Å²) < 4.78 is 0. The van der Waals surface area contributed by atoms with Gasteiger partial charge in [-0.05, 0) is 79.0 Å². The van der Waals surface area contributed by atoms with E-state index in [2.05, 4.69) is 35.2 Å². The summed E-state index contributed by atoms with van der Waals surface area (Å²) in [6.45, 7) is 4.30. The highest BCUT2D eigenvalue weighted by Gasteiger charge is 2.39. The fourth-order valence-corrected chi connectivity index (χ4v) is 4.61. The smallest absolute Gasteiger partial charge is 0.227 e. The summed E-state index contributed by atoms with van der Waals surface area (Å²) in [5.74, 6) is 0.506. The third-order valence-corrected chi connectivity index (χ3v) is 6.95. The highest BCUT2D eigenvalue weighted by Crippen LogP contribution is 2.48. The van der Waals surface area contributed by atoms with E-state index in [1.165, 1.54) is 5.56 Å². The first-order chi connectivity index (χ1) is 14.0. The van der Waals surface area contributed by atoms with Crippen molar-refractivity contribution in [2.45, 2.75) is 45.4 Å².